The van der Waals surface area contributed by atoms with Crippen LogP contribution in [0.15, 0.2) is 12.1 Å². The second-order valence-electron chi connectivity index (χ2n) is 3.63. The number of fused-ring (bicyclic) bond motifs is 1. The normalized spacial score (nSPS) is 11.4. The lowest BCUT2D eigenvalue weighted by atomic mass is 10.3. The highest BCUT2D eigenvalue weighted by Gasteiger charge is 2.08. The number of pyridine rings is 1. The first kappa shape index (κ1) is 9.12. The zero-order valence-corrected chi connectivity index (χ0v) is 8.73. The van der Waals surface area contributed by atoms with E-state index in [-0.39, 0.29) is 0 Å². The molecule has 0 unspecified atom stereocenters. The Labute approximate surface area is 83.0 Å². The van der Waals surface area contributed by atoms with Gasteiger partial charge in [-0.15, -0.1) is 5.10 Å². The van der Waals surface area contributed by atoms with Crippen LogP contribution in [0.4, 0.5) is 0 Å². The van der Waals surface area contributed by atoms with E-state index in [1.807, 2.05) is 16.8 Å². The summed E-state index contributed by atoms with van der Waals surface area (Å²) in [5.41, 5.74) is 2.84. The van der Waals surface area contributed by atoms with E-state index in [9.17, 15) is 0 Å². The number of rotatable bonds is 2. The summed E-state index contributed by atoms with van der Waals surface area (Å²) in [4.78, 5) is 4.51. The number of aryl methyl sites for hydroxylation is 1. The molecule has 0 aromatic carbocycles. The molecule has 0 aliphatic heterocycles. The Balaban J connectivity index is 2.63. The quantitative estimate of drug-likeness (QED) is 0.727. The van der Waals surface area contributed by atoms with Crippen molar-refractivity contribution < 1.29 is 0 Å². The van der Waals surface area contributed by atoms with Crippen molar-refractivity contribution in [2.75, 3.05) is 0 Å². The van der Waals surface area contributed by atoms with Crippen molar-refractivity contribution in [2.24, 2.45) is 0 Å². The lowest BCUT2D eigenvalue weighted by Gasteiger charge is -2.04. The minimum Gasteiger partial charge on any atom is -0.232 e. The number of aromatic nitrogens is 4. The molecule has 0 amide bonds. The van der Waals surface area contributed by atoms with Crippen molar-refractivity contribution >= 4 is 11.2 Å². The molecule has 2 heterocycles. The number of nitrogens with zero attached hydrogens (tertiary/aromatic N) is 4. The molecule has 2 aromatic heterocycles. The number of hydrogen-bond acceptors (Lipinski definition) is 3. The lowest BCUT2D eigenvalue weighted by Crippen LogP contribution is -2.04. The third-order valence-electron chi connectivity index (χ3n) is 2.23. The molecule has 2 rings (SSSR count). The molecule has 2 aromatic rings. The first-order chi connectivity index (χ1) is 6.72. The Morgan fingerprint density at radius 3 is 2.79 bits per heavy atom. The molecule has 0 saturated carbocycles. The van der Waals surface area contributed by atoms with Crippen molar-refractivity contribution in [2.45, 2.75) is 33.2 Å². The van der Waals surface area contributed by atoms with Crippen LogP contribution in [0.2, 0.25) is 0 Å². The predicted octanol–water partition coefficient (Wildman–Crippen LogP) is 1.97. The van der Waals surface area contributed by atoms with E-state index in [2.05, 4.69) is 36.1 Å². The average Bonchev–Trinajstić information content (AvgIpc) is 2.59. The first-order valence-electron chi connectivity index (χ1n) is 4.93. The molecule has 74 valence electrons. The van der Waals surface area contributed by atoms with Gasteiger partial charge < -0.3 is 0 Å². The van der Waals surface area contributed by atoms with Gasteiger partial charge in [0.25, 0.3) is 0 Å². The highest BCUT2D eigenvalue weighted by atomic mass is 15.4. The molecule has 0 aliphatic rings. The van der Waals surface area contributed by atoms with Gasteiger partial charge in [-0.1, -0.05) is 12.1 Å². The second kappa shape index (κ2) is 3.36. The summed E-state index contributed by atoms with van der Waals surface area (Å²) in [7, 11) is 0. The molecule has 0 saturated heterocycles. The van der Waals surface area contributed by atoms with E-state index < -0.39 is 0 Å². The summed E-state index contributed by atoms with van der Waals surface area (Å²) in [6, 6.07) is 4.29. The summed E-state index contributed by atoms with van der Waals surface area (Å²) >= 11 is 0. The lowest BCUT2D eigenvalue weighted by molar-refractivity contribution is 0.526. The first-order valence-corrected chi connectivity index (χ1v) is 4.93. The van der Waals surface area contributed by atoms with Gasteiger partial charge in [-0.3, -0.25) is 0 Å². The second-order valence-corrected chi connectivity index (χ2v) is 3.63. The third kappa shape index (κ3) is 1.36. The third-order valence-corrected chi connectivity index (χ3v) is 2.23. The molecule has 0 aliphatic carbocycles. The Morgan fingerprint density at radius 1 is 1.36 bits per heavy atom. The largest absolute Gasteiger partial charge is 0.232 e. The van der Waals surface area contributed by atoms with Crippen molar-refractivity contribution in [3.05, 3.63) is 17.8 Å². The molecule has 0 atom stereocenters. The van der Waals surface area contributed by atoms with Crippen LogP contribution in [0.25, 0.3) is 11.2 Å². The van der Waals surface area contributed by atoms with Crippen LogP contribution in [-0.4, -0.2) is 20.0 Å². The number of hydrogen-bond donors (Lipinski definition) is 0. The van der Waals surface area contributed by atoms with E-state index in [1.165, 1.54) is 0 Å². The monoisotopic (exact) mass is 190 g/mol. The summed E-state index contributed by atoms with van der Waals surface area (Å²) in [5, 5.41) is 8.14. The maximum atomic E-state index is 4.51. The van der Waals surface area contributed by atoms with Gasteiger partial charge in [0.15, 0.2) is 5.65 Å². The Morgan fingerprint density at radius 2 is 2.14 bits per heavy atom. The zero-order valence-electron chi connectivity index (χ0n) is 8.73. The van der Waals surface area contributed by atoms with Crippen molar-refractivity contribution in [1.29, 1.82) is 0 Å². The van der Waals surface area contributed by atoms with Gasteiger partial charge >= 0.3 is 0 Å². The highest BCUT2D eigenvalue weighted by molar-refractivity contribution is 5.69. The minimum atomic E-state index is 0.305. The van der Waals surface area contributed by atoms with Gasteiger partial charge in [-0.05, 0) is 32.4 Å². The van der Waals surface area contributed by atoms with Crippen molar-refractivity contribution in [1.82, 2.24) is 20.0 Å². The SMILES string of the molecule is CCc1ccc2nnn(C(C)C)c2n1. The van der Waals surface area contributed by atoms with Crippen LogP contribution in [0, 0.1) is 0 Å². The molecule has 0 radical (unpaired) electrons. The maximum absolute atomic E-state index is 4.51. The highest BCUT2D eigenvalue weighted by Crippen LogP contribution is 2.13. The Hall–Kier alpha value is -1.45. The Bertz CT molecular complexity index is 444. The van der Waals surface area contributed by atoms with Gasteiger partial charge in [0.05, 0.1) is 6.04 Å². The summed E-state index contributed by atoms with van der Waals surface area (Å²) in [5.74, 6) is 0. The Kier molecular flexibility index (Phi) is 2.19. The molecular formula is C10H14N4. The minimum absolute atomic E-state index is 0.305. The van der Waals surface area contributed by atoms with Gasteiger partial charge in [0, 0.05) is 5.69 Å². The molecule has 0 N–H and O–H groups in total. The van der Waals surface area contributed by atoms with Crippen LogP contribution in [0.5, 0.6) is 0 Å². The summed E-state index contributed by atoms with van der Waals surface area (Å²) in [6.45, 7) is 6.25. The smallest absolute Gasteiger partial charge is 0.178 e. The van der Waals surface area contributed by atoms with E-state index in [0.717, 1.165) is 23.3 Å². The van der Waals surface area contributed by atoms with Crippen LogP contribution < -0.4 is 0 Å². The molecule has 14 heavy (non-hydrogen) atoms. The molecule has 0 bridgehead atoms. The average molecular weight is 190 g/mol. The fraction of sp³-hybridized carbons (Fsp3) is 0.500. The molecule has 0 fully saturated rings. The van der Waals surface area contributed by atoms with Crippen molar-refractivity contribution in [3.8, 4) is 0 Å². The maximum Gasteiger partial charge on any atom is 0.178 e. The van der Waals surface area contributed by atoms with Crippen LogP contribution in [-0.2, 0) is 6.42 Å². The van der Waals surface area contributed by atoms with Gasteiger partial charge in [0.2, 0.25) is 0 Å². The van der Waals surface area contributed by atoms with Gasteiger partial charge in [-0.25, -0.2) is 9.67 Å². The fourth-order valence-electron chi connectivity index (χ4n) is 1.41. The fourth-order valence-corrected chi connectivity index (χ4v) is 1.41. The van der Waals surface area contributed by atoms with E-state index in [1.54, 1.807) is 0 Å². The van der Waals surface area contributed by atoms with Crippen LogP contribution in [0.1, 0.15) is 32.5 Å². The van der Waals surface area contributed by atoms with Crippen molar-refractivity contribution in [3.63, 3.8) is 0 Å². The van der Waals surface area contributed by atoms with Crippen LogP contribution >= 0.6 is 0 Å². The predicted molar refractivity (Wildman–Crippen MR) is 55.1 cm³/mol. The van der Waals surface area contributed by atoms with Gasteiger partial charge in [-0.2, -0.15) is 0 Å². The van der Waals surface area contributed by atoms with Gasteiger partial charge in [0.1, 0.15) is 5.52 Å². The van der Waals surface area contributed by atoms with E-state index in [4.69, 9.17) is 0 Å². The molecular weight excluding hydrogens is 176 g/mol. The molecule has 4 nitrogen and oxygen atoms in total. The standard InChI is InChI=1S/C10H14N4/c1-4-8-5-6-9-10(11-8)14(7(2)3)13-12-9/h5-7H,4H2,1-3H3. The molecule has 4 heteroatoms. The van der Waals surface area contributed by atoms with E-state index >= 15 is 0 Å². The zero-order chi connectivity index (χ0) is 10.1. The molecule has 0 spiro atoms. The van der Waals surface area contributed by atoms with Crippen LogP contribution in [0.3, 0.4) is 0 Å². The topological polar surface area (TPSA) is 43.6 Å². The van der Waals surface area contributed by atoms with E-state index in [0.29, 0.717) is 6.04 Å². The summed E-state index contributed by atoms with van der Waals surface area (Å²) < 4.78 is 1.86. The summed E-state index contributed by atoms with van der Waals surface area (Å²) in [6.07, 6.45) is 0.944.